The number of aromatic amines is 1. The monoisotopic (exact) mass is 305 g/mol. The van der Waals surface area contributed by atoms with Crippen molar-refractivity contribution in [3.63, 3.8) is 0 Å². The van der Waals surface area contributed by atoms with Gasteiger partial charge in [0.15, 0.2) is 0 Å². The third kappa shape index (κ3) is 1.95. The molecule has 0 aliphatic heterocycles. The van der Waals surface area contributed by atoms with Crippen LogP contribution in [0.1, 0.15) is 12.1 Å². The Morgan fingerprint density at radius 3 is 2.58 bits per heavy atom. The number of halogens is 4. The largest absolute Gasteiger partial charge is 0.348 e. The molecule has 1 rings (SSSR count). The van der Waals surface area contributed by atoms with Crippen molar-refractivity contribution in [1.82, 2.24) is 4.98 Å². The van der Waals surface area contributed by atoms with Gasteiger partial charge in [-0.1, -0.05) is 11.6 Å². The first-order valence-corrected chi connectivity index (χ1v) is 4.34. The van der Waals surface area contributed by atoms with Crippen LogP contribution in [-0.4, -0.2) is 4.98 Å². The highest BCUT2D eigenvalue weighted by atomic mass is 127. The minimum absolute atomic E-state index is 0.0556. The maximum Gasteiger partial charge on any atom is 0.278 e. The van der Waals surface area contributed by atoms with Crippen LogP contribution in [0.25, 0.3) is 0 Å². The van der Waals surface area contributed by atoms with E-state index in [1.54, 1.807) is 22.6 Å². The summed E-state index contributed by atoms with van der Waals surface area (Å²) in [4.78, 5) is 13.2. The molecule has 12 heavy (non-hydrogen) atoms. The fourth-order valence-corrected chi connectivity index (χ4v) is 1.33. The lowest BCUT2D eigenvalue weighted by Gasteiger charge is -2.01. The summed E-state index contributed by atoms with van der Waals surface area (Å²) in [5.41, 5.74) is -0.996. The van der Waals surface area contributed by atoms with Gasteiger partial charge >= 0.3 is 0 Å². The smallest absolute Gasteiger partial charge is 0.278 e. The summed E-state index contributed by atoms with van der Waals surface area (Å²) >= 11 is 7.15. The third-order valence-corrected chi connectivity index (χ3v) is 2.69. The SMILES string of the molecule is O=c1cc(C(F)F)[nH]c(I)c1Cl. The van der Waals surface area contributed by atoms with Gasteiger partial charge in [-0.15, -0.1) is 0 Å². The topological polar surface area (TPSA) is 32.9 Å². The molecule has 1 N–H and O–H groups in total. The molecule has 0 aromatic carbocycles. The molecule has 6 heteroatoms. The minimum atomic E-state index is -2.68. The quantitative estimate of drug-likeness (QED) is 0.628. The molecule has 0 aliphatic rings. The molecule has 0 unspecified atom stereocenters. The summed E-state index contributed by atoms with van der Waals surface area (Å²) in [6, 6.07) is 0.801. The van der Waals surface area contributed by atoms with Crippen LogP contribution >= 0.6 is 34.2 Å². The van der Waals surface area contributed by atoms with Gasteiger partial charge in [0.25, 0.3) is 6.43 Å². The number of pyridine rings is 1. The molecule has 1 aromatic heterocycles. The predicted molar refractivity (Wildman–Crippen MR) is 49.7 cm³/mol. The maximum atomic E-state index is 12.0. The van der Waals surface area contributed by atoms with E-state index in [-0.39, 0.29) is 8.72 Å². The van der Waals surface area contributed by atoms with E-state index in [0.29, 0.717) is 0 Å². The standard InChI is InChI=1S/C6H3ClF2INO/c7-4-3(12)1-2(5(8)9)11-6(4)10/h1,5H,(H,11,12). The van der Waals surface area contributed by atoms with Crippen molar-refractivity contribution in [3.8, 4) is 0 Å². The van der Waals surface area contributed by atoms with Crippen LogP contribution in [0.5, 0.6) is 0 Å². The Labute approximate surface area is 85.1 Å². The van der Waals surface area contributed by atoms with E-state index >= 15 is 0 Å². The lowest BCUT2D eigenvalue weighted by atomic mass is 10.3. The first-order valence-electron chi connectivity index (χ1n) is 2.88. The number of rotatable bonds is 1. The first kappa shape index (κ1) is 9.91. The van der Waals surface area contributed by atoms with Gasteiger partial charge in [-0.3, -0.25) is 4.79 Å². The molecular weight excluding hydrogens is 302 g/mol. The van der Waals surface area contributed by atoms with E-state index in [9.17, 15) is 13.6 Å². The molecule has 0 bridgehead atoms. The van der Waals surface area contributed by atoms with Crippen LogP contribution in [-0.2, 0) is 0 Å². The fourth-order valence-electron chi connectivity index (χ4n) is 0.648. The molecule has 0 saturated carbocycles. The van der Waals surface area contributed by atoms with Gasteiger partial charge in [-0.25, -0.2) is 8.78 Å². The van der Waals surface area contributed by atoms with Crippen molar-refractivity contribution in [1.29, 1.82) is 0 Å². The Morgan fingerprint density at radius 1 is 1.58 bits per heavy atom. The summed E-state index contributed by atoms with van der Waals surface area (Å²) < 4.78 is 24.3. The van der Waals surface area contributed by atoms with Crippen molar-refractivity contribution >= 4 is 34.2 Å². The molecule has 0 atom stereocenters. The number of hydrogen-bond donors (Lipinski definition) is 1. The Kier molecular flexibility index (Phi) is 3.05. The van der Waals surface area contributed by atoms with Crippen molar-refractivity contribution in [2.75, 3.05) is 0 Å². The number of nitrogens with one attached hydrogen (secondary N) is 1. The van der Waals surface area contributed by atoms with Gasteiger partial charge in [0.1, 0.15) is 8.72 Å². The maximum absolute atomic E-state index is 12.0. The summed E-state index contributed by atoms with van der Waals surface area (Å²) in [5, 5.41) is -0.0556. The summed E-state index contributed by atoms with van der Waals surface area (Å²) in [5.74, 6) is 0. The second kappa shape index (κ2) is 3.69. The molecule has 1 aromatic rings. The summed E-state index contributed by atoms with van der Waals surface area (Å²) in [6.45, 7) is 0. The lowest BCUT2D eigenvalue weighted by Crippen LogP contribution is -2.07. The van der Waals surface area contributed by atoms with Gasteiger partial charge in [-0.2, -0.15) is 0 Å². The van der Waals surface area contributed by atoms with Crippen LogP contribution in [0.3, 0.4) is 0 Å². The third-order valence-electron chi connectivity index (χ3n) is 1.18. The van der Waals surface area contributed by atoms with Crippen molar-refractivity contribution in [3.05, 3.63) is 30.7 Å². The second-order valence-electron chi connectivity index (χ2n) is 2.02. The van der Waals surface area contributed by atoms with Crippen LogP contribution in [0, 0.1) is 3.70 Å². The zero-order valence-corrected chi connectivity index (χ0v) is 8.49. The van der Waals surface area contributed by atoms with E-state index in [1.165, 1.54) is 0 Å². The van der Waals surface area contributed by atoms with E-state index in [4.69, 9.17) is 11.6 Å². The van der Waals surface area contributed by atoms with E-state index < -0.39 is 17.5 Å². The summed E-state index contributed by atoms with van der Waals surface area (Å²) in [6.07, 6.45) is -2.68. The Balaban J connectivity index is 3.31. The highest BCUT2D eigenvalue weighted by Crippen LogP contribution is 2.18. The number of alkyl halides is 2. The second-order valence-corrected chi connectivity index (χ2v) is 3.47. The predicted octanol–water partition coefficient (Wildman–Crippen LogP) is 2.57. The number of H-pyrrole nitrogens is 1. The number of hydrogen-bond acceptors (Lipinski definition) is 1. The molecular formula is C6H3ClF2INO. The van der Waals surface area contributed by atoms with Crippen LogP contribution in [0.4, 0.5) is 8.78 Å². The normalized spacial score (nSPS) is 10.8. The molecule has 0 aliphatic carbocycles. The average Bonchev–Trinajstić information content (AvgIpc) is 1.99. The molecule has 2 nitrogen and oxygen atoms in total. The van der Waals surface area contributed by atoms with E-state index in [0.717, 1.165) is 6.07 Å². The van der Waals surface area contributed by atoms with Gasteiger partial charge in [0.2, 0.25) is 5.43 Å². The van der Waals surface area contributed by atoms with Gasteiger partial charge in [-0.05, 0) is 22.6 Å². The summed E-state index contributed by atoms with van der Waals surface area (Å²) in [7, 11) is 0. The van der Waals surface area contributed by atoms with Crippen LogP contribution in [0.2, 0.25) is 5.02 Å². The Hall–Kier alpha value is -0.170. The molecule has 66 valence electrons. The molecule has 1 heterocycles. The highest BCUT2D eigenvalue weighted by molar-refractivity contribution is 14.1. The highest BCUT2D eigenvalue weighted by Gasteiger charge is 2.11. The molecule has 0 radical (unpaired) electrons. The van der Waals surface area contributed by atoms with Gasteiger partial charge in [0.05, 0.1) is 5.69 Å². The zero-order chi connectivity index (χ0) is 9.30. The molecule has 0 fully saturated rings. The number of aromatic nitrogens is 1. The minimum Gasteiger partial charge on any atom is -0.348 e. The first-order chi connectivity index (χ1) is 5.52. The van der Waals surface area contributed by atoms with E-state index in [2.05, 4.69) is 4.98 Å². The van der Waals surface area contributed by atoms with Gasteiger partial charge < -0.3 is 4.98 Å². The zero-order valence-electron chi connectivity index (χ0n) is 5.57. The molecule has 0 amide bonds. The van der Waals surface area contributed by atoms with Crippen LogP contribution in [0.15, 0.2) is 10.9 Å². The van der Waals surface area contributed by atoms with E-state index in [1.807, 2.05) is 0 Å². The van der Waals surface area contributed by atoms with Gasteiger partial charge in [0, 0.05) is 6.07 Å². The van der Waals surface area contributed by atoms with Crippen molar-refractivity contribution < 1.29 is 8.78 Å². The molecule has 0 spiro atoms. The fraction of sp³-hybridized carbons (Fsp3) is 0.167. The van der Waals surface area contributed by atoms with Crippen LogP contribution < -0.4 is 5.43 Å². The lowest BCUT2D eigenvalue weighted by molar-refractivity contribution is 0.145. The van der Waals surface area contributed by atoms with Crippen molar-refractivity contribution in [2.45, 2.75) is 6.43 Å². The Bertz CT molecular complexity index is 352. The Morgan fingerprint density at radius 2 is 2.17 bits per heavy atom. The molecule has 0 saturated heterocycles. The van der Waals surface area contributed by atoms with Crippen molar-refractivity contribution in [2.24, 2.45) is 0 Å². The average molecular weight is 305 g/mol.